The predicted octanol–water partition coefficient (Wildman–Crippen LogP) is 4.50. The van der Waals surface area contributed by atoms with E-state index in [4.69, 9.17) is 4.74 Å². The molecule has 0 aliphatic carbocycles. The number of aryl methyl sites for hydroxylation is 1. The second-order valence-electron chi connectivity index (χ2n) is 8.83. The number of rotatable bonds is 6. The zero-order valence-corrected chi connectivity index (χ0v) is 20.2. The fourth-order valence-corrected chi connectivity index (χ4v) is 4.38. The Hall–Kier alpha value is -3.91. The van der Waals surface area contributed by atoms with Crippen molar-refractivity contribution in [2.24, 2.45) is 0 Å². The zero-order chi connectivity index (χ0) is 24.9. The molecular weight excluding hydrogens is 444 g/mol. The lowest BCUT2D eigenvalue weighted by atomic mass is 10.0. The van der Waals surface area contributed by atoms with Crippen LogP contribution in [0.1, 0.15) is 28.5 Å². The number of hydrogen-bond acceptors (Lipinski definition) is 5. The van der Waals surface area contributed by atoms with Crippen molar-refractivity contribution in [2.75, 3.05) is 32.1 Å². The van der Waals surface area contributed by atoms with E-state index in [0.717, 1.165) is 34.5 Å². The van der Waals surface area contributed by atoms with Gasteiger partial charge in [0.05, 0.1) is 7.11 Å². The summed E-state index contributed by atoms with van der Waals surface area (Å²) in [6, 6.07) is 17.4. The van der Waals surface area contributed by atoms with Gasteiger partial charge in [-0.2, -0.15) is 0 Å². The topological polar surface area (TPSA) is 95.0 Å². The molecule has 2 N–H and O–H groups in total. The molecule has 2 heterocycles. The highest BCUT2D eigenvalue weighted by atomic mass is 16.5. The van der Waals surface area contributed by atoms with E-state index in [0.29, 0.717) is 31.0 Å². The Kier molecular flexibility index (Phi) is 7.31. The molecular formula is C27H30N4O4. The van der Waals surface area contributed by atoms with Crippen LogP contribution in [0.3, 0.4) is 0 Å². The zero-order valence-electron chi connectivity index (χ0n) is 20.2. The van der Waals surface area contributed by atoms with Gasteiger partial charge in [0.1, 0.15) is 11.4 Å². The number of hydrogen-bond donors (Lipinski definition) is 2. The maximum atomic E-state index is 12.9. The first-order chi connectivity index (χ1) is 16.8. The quantitative estimate of drug-likeness (QED) is 0.546. The highest BCUT2D eigenvalue weighted by molar-refractivity contribution is 6.04. The molecule has 3 aromatic rings. The molecule has 0 radical (unpaired) electrons. The molecule has 4 rings (SSSR count). The van der Waals surface area contributed by atoms with Gasteiger partial charge in [-0.1, -0.05) is 24.3 Å². The fraction of sp³-hybridized carbons (Fsp3) is 0.296. The molecule has 1 atom stereocenters. The van der Waals surface area contributed by atoms with Gasteiger partial charge in [-0.25, -0.2) is 4.79 Å². The molecule has 2 amide bonds. The van der Waals surface area contributed by atoms with Gasteiger partial charge in [0.25, 0.3) is 5.91 Å². The summed E-state index contributed by atoms with van der Waals surface area (Å²) in [4.78, 5) is 32.2. The number of pyridine rings is 1. The van der Waals surface area contributed by atoms with Crippen LogP contribution in [0.2, 0.25) is 0 Å². The number of ether oxygens (including phenoxy) is 1. The standard InChI is InChI=1S/C27H30N4O4/c1-18-13-22(21-5-4-6-24(14-21)35-3)15-28-25(18)26(32)29-23-9-7-20(8-10-23)17-30-11-12-31(27(33)34)19(2)16-30/h4-10,13-15,19H,11-12,16-17H2,1-3H3,(H,29,32)(H,33,34). The predicted molar refractivity (Wildman–Crippen MR) is 135 cm³/mol. The minimum absolute atomic E-state index is 0.0362. The molecule has 8 heteroatoms. The lowest BCUT2D eigenvalue weighted by molar-refractivity contribution is 0.0711. The van der Waals surface area contributed by atoms with Crippen molar-refractivity contribution in [3.63, 3.8) is 0 Å². The van der Waals surface area contributed by atoms with Crippen molar-refractivity contribution in [1.29, 1.82) is 0 Å². The van der Waals surface area contributed by atoms with Gasteiger partial charge in [-0.05, 0) is 60.9 Å². The van der Waals surface area contributed by atoms with Crippen LogP contribution in [0.4, 0.5) is 10.5 Å². The molecule has 0 spiro atoms. The van der Waals surface area contributed by atoms with E-state index in [1.54, 1.807) is 13.3 Å². The Balaban J connectivity index is 1.37. The van der Waals surface area contributed by atoms with Gasteiger partial charge in [-0.15, -0.1) is 0 Å². The number of amides is 2. The van der Waals surface area contributed by atoms with Gasteiger partial charge < -0.3 is 20.1 Å². The number of nitrogens with zero attached hydrogens (tertiary/aromatic N) is 3. The highest BCUT2D eigenvalue weighted by Gasteiger charge is 2.26. The van der Waals surface area contributed by atoms with Crippen LogP contribution in [-0.4, -0.2) is 64.7 Å². The van der Waals surface area contributed by atoms with Crippen LogP contribution in [-0.2, 0) is 6.54 Å². The summed E-state index contributed by atoms with van der Waals surface area (Å²) < 4.78 is 5.29. The Bertz CT molecular complexity index is 1210. The number of carboxylic acid groups (broad SMARTS) is 1. The van der Waals surface area contributed by atoms with E-state index in [1.807, 2.05) is 68.4 Å². The molecule has 1 aliphatic heterocycles. The van der Waals surface area contributed by atoms with Crippen LogP contribution in [0.15, 0.2) is 60.8 Å². The summed E-state index contributed by atoms with van der Waals surface area (Å²) in [5.41, 5.74) is 4.86. The maximum absolute atomic E-state index is 12.9. The van der Waals surface area contributed by atoms with E-state index in [1.165, 1.54) is 4.90 Å². The van der Waals surface area contributed by atoms with E-state index < -0.39 is 6.09 Å². The summed E-state index contributed by atoms with van der Waals surface area (Å²) in [5.74, 6) is 0.508. The highest BCUT2D eigenvalue weighted by Crippen LogP contribution is 2.25. The number of carbonyl (C=O) groups is 2. The van der Waals surface area contributed by atoms with Crippen LogP contribution in [0, 0.1) is 6.92 Å². The first kappa shape index (κ1) is 24.2. The van der Waals surface area contributed by atoms with E-state index in [-0.39, 0.29) is 11.9 Å². The minimum atomic E-state index is -0.864. The van der Waals surface area contributed by atoms with E-state index >= 15 is 0 Å². The molecule has 35 heavy (non-hydrogen) atoms. The summed E-state index contributed by atoms with van der Waals surface area (Å²) in [6.07, 6.45) is 0.835. The monoisotopic (exact) mass is 474 g/mol. The molecule has 1 aliphatic rings. The van der Waals surface area contributed by atoms with Crippen molar-refractivity contribution in [3.8, 4) is 16.9 Å². The lowest BCUT2D eigenvalue weighted by Crippen LogP contribution is -2.53. The number of methoxy groups -OCH3 is 1. The third kappa shape index (κ3) is 5.78. The smallest absolute Gasteiger partial charge is 0.407 e. The number of aromatic nitrogens is 1. The number of piperazine rings is 1. The van der Waals surface area contributed by atoms with Crippen LogP contribution in [0.25, 0.3) is 11.1 Å². The average Bonchev–Trinajstić information content (AvgIpc) is 2.85. The SMILES string of the molecule is COc1cccc(-c2cnc(C(=O)Nc3ccc(CN4CCN(C(=O)O)C(C)C4)cc3)c(C)c2)c1. The molecule has 0 bridgehead atoms. The Labute approximate surface area is 205 Å². The van der Waals surface area contributed by atoms with Gasteiger partial charge in [0.15, 0.2) is 0 Å². The number of benzene rings is 2. The molecule has 1 aromatic heterocycles. The first-order valence-corrected chi connectivity index (χ1v) is 11.6. The summed E-state index contributed by atoms with van der Waals surface area (Å²) in [5, 5.41) is 12.2. The van der Waals surface area contributed by atoms with Crippen molar-refractivity contribution < 1.29 is 19.4 Å². The van der Waals surface area contributed by atoms with Crippen molar-refractivity contribution >= 4 is 17.7 Å². The summed E-state index contributed by atoms with van der Waals surface area (Å²) in [6.45, 7) is 6.44. The first-order valence-electron chi connectivity index (χ1n) is 11.6. The lowest BCUT2D eigenvalue weighted by Gasteiger charge is -2.38. The van der Waals surface area contributed by atoms with Gasteiger partial charge >= 0.3 is 6.09 Å². The van der Waals surface area contributed by atoms with E-state index in [2.05, 4.69) is 15.2 Å². The Morgan fingerprint density at radius 2 is 1.89 bits per heavy atom. The second-order valence-corrected chi connectivity index (χ2v) is 8.83. The van der Waals surface area contributed by atoms with Crippen molar-refractivity contribution in [1.82, 2.24) is 14.8 Å². The summed E-state index contributed by atoms with van der Waals surface area (Å²) in [7, 11) is 1.63. The number of nitrogens with one attached hydrogen (secondary N) is 1. The second kappa shape index (κ2) is 10.6. The molecule has 8 nitrogen and oxygen atoms in total. The normalized spacial score (nSPS) is 16.1. The molecule has 1 unspecified atom stereocenters. The van der Waals surface area contributed by atoms with E-state index in [9.17, 15) is 14.7 Å². The Morgan fingerprint density at radius 3 is 2.54 bits per heavy atom. The Morgan fingerprint density at radius 1 is 1.11 bits per heavy atom. The average molecular weight is 475 g/mol. The molecule has 1 saturated heterocycles. The molecule has 0 saturated carbocycles. The van der Waals surface area contributed by atoms with Crippen LogP contribution in [0.5, 0.6) is 5.75 Å². The van der Waals surface area contributed by atoms with Crippen molar-refractivity contribution in [2.45, 2.75) is 26.4 Å². The largest absolute Gasteiger partial charge is 0.497 e. The third-order valence-corrected chi connectivity index (χ3v) is 6.27. The molecule has 182 valence electrons. The summed E-state index contributed by atoms with van der Waals surface area (Å²) >= 11 is 0. The van der Waals surface area contributed by atoms with Gasteiger partial charge in [0.2, 0.25) is 0 Å². The van der Waals surface area contributed by atoms with Crippen molar-refractivity contribution in [3.05, 3.63) is 77.6 Å². The maximum Gasteiger partial charge on any atom is 0.407 e. The van der Waals surface area contributed by atoms with Gasteiger partial charge in [0, 0.05) is 49.7 Å². The minimum Gasteiger partial charge on any atom is -0.497 e. The molecule has 2 aromatic carbocycles. The number of anilines is 1. The fourth-order valence-electron chi connectivity index (χ4n) is 4.38. The van der Waals surface area contributed by atoms with Crippen LogP contribution < -0.4 is 10.1 Å². The third-order valence-electron chi connectivity index (χ3n) is 6.27. The molecule has 1 fully saturated rings. The number of carbonyl (C=O) groups excluding carboxylic acids is 1. The van der Waals surface area contributed by atoms with Gasteiger partial charge in [-0.3, -0.25) is 14.7 Å². The van der Waals surface area contributed by atoms with Crippen LogP contribution >= 0.6 is 0 Å².